The van der Waals surface area contributed by atoms with E-state index < -0.39 is 4.92 Å². The minimum Gasteiger partial charge on any atom is -0.258 e. The van der Waals surface area contributed by atoms with Crippen LogP contribution < -0.4 is 0 Å². The Kier molecular flexibility index (Phi) is 5.38. The summed E-state index contributed by atoms with van der Waals surface area (Å²) in [4.78, 5) is 11.0. The number of benzene rings is 1. The van der Waals surface area contributed by atoms with Gasteiger partial charge in [-0.1, -0.05) is 18.5 Å². The maximum Gasteiger partial charge on any atom is 0.284 e. The molecule has 6 heteroatoms. The number of nitrogens with zero attached hydrogens (tertiary/aromatic N) is 1. The summed E-state index contributed by atoms with van der Waals surface area (Å²) in [7, 11) is 0. The first-order valence-electron chi connectivity index (χ1n) is 4.67. The monoisotopic (exact) mass is 279 g/mol. The molecule has 0 radical (unpaired) electrons. The lowest BCUT2D eigenvalue weighted by atomic mass is 10.3. The summed E-state index contributed by atoms with van der Waals surface area (Å²) >= 11 is 12.8. The van der Waals surface area contributed by atoms with Gasteiger partial charge in [-0.2, -0.15) is 0 Å². The third kappa shape index (κ3) is 3.85. The highest BCUT2D eigenvalue weighted by Crippen LogP contribution is 2.32. The molecule has 0 saturated heterocycles. The van der Waals surface area contributed by atoms with Gasteiger partial charge in [0.15, 0.2) is 0 Å². The highest BCUT2D eigenvalue weighted by molar-refractivity contribution is 7.99. The number of nitro groups is 1. The summed E-state index contributed by atoms with van der Waals surface area (Å²) in [6.45, 7) is 2.00. The van der Waals surface area contributed by atoms with Gasteiger partial charge in [0.1, 0.15) is 0 Å². The number of nitro benzene ring substituents is 1. The largest absolute Gasteiger partial charge is 0.284 e. The van der Waals surface area contributed by atoms with Gasteiger partial charge < -0.3 is 0 Å². The van der Waals surface area contributed by atoms with Crippen LogP contribution in [-0.2, 0) is 0 Å². The van der Waals surface area contributed by atoms with Crippen LogP contribution in [0.4, 0.5) is 5.69 Å². The standard InChI is InChI=1S/C10H11Cl2NO2S/c1-7(5-11)6-16-10-3-2-8(12)4-9(10)13(14)15/h2-4,7H,5-6H2,1H3. The van der Waals surface area contributed by atoms with E-state index in [0.29, 0.717) is 21.7 Å². The molecule has 16 heavy (non-hydrogen) atoms. The lowest BCUT2D eigenvalue weighted by Crippen LogP contribution is -2.00. The molecule has 1 rings (SSSR count). The fourth-order valence-electron chi connectivity index (χ4n) is 1.03. The lowest BCUT2D eigenvalue weighted by molar-refractivity contribution is -0.387. The molecule has 1 aromatic carbocycles. The van der Waals surface area contributed by atoms with Crippen LogP contribution in [0, 0.1) is 16.0 Å². The van der Waals surface area contributed by atoms with Gasteiger partial charge >= 0.3 is 0 Å². The van der Waals surface area contributed by atoms with Crippen molar-refractivity contribution in [3.8, 4) is 0 Å². The van der Waals surface area contributed by atoms with Crippen molar-refractivity contribution >= 4 is 40.7 Å². The molecule has 1 atom stereocenters. The number of thioether (sulfide) groups is 1. The summed E-state index contributed by atoms with van der Waals surface area (Å²) in [6.07, 6.45) is 0. The van der Waals surface area contributed by atoms with Crippen LogP contribution in [0.5, 0.6) is 0 Å². The molecule has 0 bridgehead atoms. The van der Waals surface area contributed by atoms with Crippen LogP contribution in [0.2, 0.25) is 5.02 Å². The van der Waals surface area contributed by atoms with Gasteiger partial charge in [-0.15, -0.1) is 23.4 Å². The number of halogens is 2. The smallest absolute Gasteiger partial charge is 0.258 e. The molecule has 0 N–H and O–H groups in total. The van der Waals surface area contributed by atoms with E-state index in [1.807, 2.05) is 6.92 Å². The van der Waals surface area contributed by atoms with Crippen molar-refractivity contribution in [1.29, 1.82) is 0 Å². The molecule has 0 spiro atoms. The molecule has 0 heterocycles. The fraction of sp³-hybridized carbons (Fsp3) is 0.400. The maximum absolute atomic E-state index is 10.8. The number of rotatable bonds is 5. The van der Waals surface area contributed by atoms with E-state index in [4.69, 9.17) is 23.2 Å². The van der Waals surface area contributed by atoms with Crippen molar-refractivity contribution in [2.24, 2.45) is 5.92 Å². The van der Waals surface area contributed by atoms with Gasteiger partial charge in [-0.25, -0.2) is 0 Å². The average molecular weight is 280 g/mol. The minimum atomic E-state index is -0.417. The van der Waals surface area contributed by atoms with Crippen LogP contribution in [0.1, 0.15) is 6.92 Å². The lowest BCUT2D eigenvalue weighted by Gasteiger charge is -2.07. The van der Waals surface area contributed by atoms with E-state index in [1.165, 1.54) is 17.8 Å². The van der Waals surface area contributed by atoms with Crippen molar-refractivity contribution in [2.75, 3.05) is 11.6 Å². The summed E-state index contributed by atoms with van der Waals surface area (Å²) in [6, 6.07) is 4.70. The molecule has 0 aromatic heterocycles. The zero-order valence-corrected chi connectivity index (χ0v) is 11.0. The minimum absolute atomic E-state index is 0.0549. The Morgan fingerprint density at radius 1 is 1.56 bits per heavy atom. The van der Waals surface area contributed by atoms with Crippen molar-refractivity contribution in [2.45, 2.75) is 11.8 Å². The zero-order valence-electron chi connectivity index (χ0n) is 8.65. The van der Waals surface area contributed by atoms with Crippen LogP contribution >= 0.6 is 35.0 Å². The predicted molar refractivity (Wildman–Crippen MR) is 68.7 cm³/mol. The molecule has 1 aromatic rings. The Labute approximate surface area is 108 Å². The summed E-state index contributed by atoms with van der Waals surface area (Å²) < 4.78 is 0. The average Bonchev–Trinajstić information content (AvgIpc) is 2.26. The van der Waals surface area contributed by atoms with E-state index in [0.717, 1.165) is 5.75 Å². The molecule has 0 saturated carbocycles. The van der Waals surface area contributed by atoms with Crippen molar-refractivity contribution in [3.05, 3.63) is 33.3 Å². The van der Waals surface area contributed by atoms with E-state index in [2.05, 4.69) is 0 Å². The first-order chi connectivity index (χ1) is 7.54. The van der Waals surface area contributed by atoms with Gasteiger partial charge in [-0.05, 0) is 18.1 Å². The molecular weight excluding hydrogens is 269 g/mol. The van der Waals surface area contributed by atoms with Gasteiger partial charge in [0.05, 0.1) is 9.82 Å². The second-order valence-electron chi connectivity index (χ2n) is 3.44. The molecule has 0 amide bonds. The molecule has 3 nitrogen and oxygen atoms in total. The summed E-state index contributed by atoms with van der Waals surface area (Å²) in [5.74, 6) is 1.63. The van der Waals surface area contributed by atoms with Gasteiger partial charge in [0, 0.05) is 22.7 Å². The molecule has 88 valence electrons. The normalized spacial score (nSPS) is 12.4. The predicted octanol–water partition coefficient (Wildman–Crippen LogP) is 4.22. The second-order valence-corrected chi connectivity index (χ2v) is 5.25. The Balaban J connectivity index is 2.82. The maximum atomic E-state index is 10.8. The molecule has 1 unspecified atom stereocenters. The fourth-order valence-corrected chi connectivity index (χ4v) is 2.46. The third-order valence-corrected chi connectivity index (χ3v) is 4.06. The Bertz CT molecular complexity index is 387. The summed E-state index contributed by atoms with van der Waals surface area (Å²) in [5, 5.41) is 11.2. The SMILES string of the molecule is CC(CCl)CSc1ccc(Cl)cc1[N+](=O)[O-]. The summed E-state index contributed by atoms with van der Waals surface area (Å²) in [5.41, 5.74) is 0.0549. The van der Waals surface area contributed by atoms with Crippen molar-refractivity contribution in [1.82, 2.24) is 0 Å². The first kappa shape index (κ1) is 13.6. The Morgan fingerprint density at radius 2 is 2.25 bits per heavy atom. The second kappa shape index (κ2) is 6.33. The van der Waals surface area contributed by atoms with Gasteiger partial charge in [0.2, 0.25) is 0 Å². The van der Waals surface area contributed by atoms with Crippen LogP contribution in [0.25, 0.3) is 0 Å². The number of alkyl halides is 1. The van der Waals surface area contributed by atoms with E-state index in [9.17, 15) is 10.1 Å². The zero-order chi connectivity index (χ0) is 12.1. The van der Waals surface area contributed by atoms with Crippen LogP contribution in [0.3, 0.4) is 0 Å². The molecule has 0 aliphatic heterocycles. The first-order valence-corrected chi connectivity index (χ1v) is 6.57. The quantitative estimate of drug-likeness (QED) is 0.351. The van der Waals surface area contributed by atoms with E-state index >= 15 is 0 Å². The topological polar surface area (TPSA) is 43.1 Å². The van der Waals surface area contributed by atoms with E-state index in [-0.39, 0.29) is 5.69 Å². The van der Waals surface area contributed by atoms with Gasteiger partial charge in [-0.3, -0.25) is 10.1 Å². The van der Waals surface area contributed by atoms with E-state index in [1.54, 1.807) is 12.1 Å². The third-order valence-electron chi connectivity index (χ3n) is 1.90. The van der Waals surface area contributed by atoms with Crippen molar-refractivity contribution < 1.29 is 4.92 Å². The molecule has 0 aliphatic rings. The number of hydrogen-bond donors (Lipinski definition) is 0. The Hall–Kier alpha value is -0.450. The van der Waals surface area contributed by atoms with Gasteiger partial charge in [0.25, 0.3) is 5.69 Å². The molecule has 0 fully saturated rings. The highest BCUT2D eigenvalue weighted by atomic mass is 35.5. The van der Waals surface area contributed by atoms with Crippen molar-refractivity contribution in [3.63, 3.8) is 0 Å². The highest BCUT2D eigenvalue weighted by Gasteiger charge is 2.15. The molecule has 0 aliphatic carbocycles. The van der Waals surface area contributed by atoms with Crippen LogP contribution in [-0.4, -0.2) is 16.6 Å². The molecular formula is C10H11Cl2NO2S. The Morgan fingerprint density at radius 3 is 2.81 bits per heavy atom. The number of hydrogen-bond acceptors (Lipinski definition) is 3. The van der Waals surface area contributed by atoms with Crippen LogP contribution in [0.15, 0.2) is 23.1 Å².